The molecule has 0 radical (unpaired) electrons. The highest BCUT2D eigenvalue weighted by molar-refractivity contribution is 5.71. The molecule has 0 aromatic rings. The van der Waals surface area contributed by atoms with Crippen LogP contribution in [0.25, 0.3) is 0 Å². The van der Waals surface area contributed by atoms with Crippen molar-refractivity contribution >= 4 is 17.9 Å². The van der Waals surface area contributed by atoms with Crippen LogP contribution in [0, 0.1) is 0 Å². The zero-order valence-corrected chi connectivity index (χ0v) is 23.1. The van der Waals surface area contributed by atoms with Crippen LogP contribution in [0.1, 0.15) is 110 Å². The van der Waals surface area contributed by atoms with Crippen molar-refractivity contribution in [1.82, 2.24) is 0 Å². The van der Waals surface area contributed by atoms with Gasteiger partial charge in [-0.3, -0.25) is 14.4 Å². The molecule has 0 rings (SSSR count). The summed E-state index contributed by atoms with van der Waals surface area (Å²) in [7, 11) is 0. The lowest BCUT2D eigenvalue weighted by Gasteiger charge is -2.18. The molecule has 1 unspecified atom stereocenters. The van der Waals surface area contributed by atoms with E-state index in [0.717, 1.165) is 44.9 Å². The lowest BCUT2D eigenvalue weighted by Crippen LogP contribution is -2.31. The van der Waals surface area contributed by atoms with Gasteiger partial charge < -0.3 is 25.7 Å². The highest BCUT2D eigenvalue weighted by atomic mass is 16.6. The van der Waals surface area contributed by atoms with Gasteiger partial charge in [0.1, 0.15) is 13.2 Å². The van der Waals surface area contributed by atoms with Crippen molar-refractivity contribution in [3.8, 4) is 0 Å². The minimum absolute atomic E-state index is 0.141. The third-order valence-corrected chi connectivity index (χ3v) is 5.66. The fourth-order valence-electron chi connectivity index (χ4n) is 3.45. The molecule has 4 N–H and O–H groups in total. The van der Waals surface area contributed by atoms with E-state index in [4.69, 9.17) is 25.7 Å². The maximum atomic E-state index is 12.1. The van der Waals surface area contributed by atoms with Crippen LogP contribution in [0.2, 0.25) is 0 Å². The Balaban J connectivity index is 3.98. The number of allylic oxidation sites excluding steroid dienone is 4. The fraction of sp³-hybridized carbons (Fsp3) is 0.759. The average Bonchev–Trinajstić information content (AvgIpc) is 2.89. The summed E-state index contributed by atoms with van der Waals surface area (Å²) in [4.78, 5) is 35.7. The molecule has 0 amide bonds. The highest BCUT2D eigenvalue weighted by Crippen LogP contribution is 2.09. The first kappa shape index (κ1) is 34.8. The van der Waals surface area contributed by atoms with E-state index >= 15 is 0 Å². The fourth-order valence-corrected chi connectivity index (χ4v) is 3.45. The molecule has 0 aromatic heterocycles. The van der Waals surface area contributed by atoms with Gasteiger partial charge >= 0.3 is 17.9 Å². The van der Waals surface area contributed by atoms with Gasteiger partial charge in [0.05, 0.1) is 0 Å². The largest absolute Gasteiger partial charge is 0.462 e. The molecular formula is C29H52N2O6. The van der Waals surface area contributed by atoms with E-state index in [1.165, 1.54) is 25.7 Å². The molecule has 0 aromatic carbocycles. The Morgan fingerprint density at radius 1 is 0.622 bits per heavy atom. The molecule has 0 bridgehead atoms. The predicted octanol–water partition coefficient (Wildman–Crippen LogP) is 5.28. The van der Waals surface area contributed by atoms with E-state index in [1.807, 2.05) is 0 Å². The summed E-state index contributed by atoms with van der Waals surface area (Å²) in [6.07, 6.45) is 22.1. The molecule has 0 fully saturated rings. The van der Waals surface area contributed by atoms with Crippen molar-refractivity contribution in [2.45, 2.75) is 116 Å². The Kier molecular flexibility index (Phi) is 25.3. The van der Waals surface area contributed by atoms with Crippen LogP contribution in [0.5, 0.6) is 0 Å². The third kappa shape index (κ3) is 25.2. The topological polar surface area (TPSA) is 131 Å². The average molecular weight is 525 g/mol. The lowest BCUT2D eigenvalue weighted by molar-refractivity contribution is -0.166. The molecule has 0 saturated heterocycles. The highest BCUT2D eigenvalue weighted by Gasteiger charge is 2.19. The van der Waals surface area contributed by atoms with Crippen molar-refractivity contribution in [2.75, 3.05) is 26.3 Å². The van der Waals surface area contributed by atoms with Crippen LogP contribution in [-0.4, -0.2) is 50.3 Å². The predicted molar refractivity (Wildman–Crippen MR) is 148 cm³/mol. The van der Waals surface area contributed by atoms with Gasteiger partial charge in [-0.05, 0) is 64.5 Å². The first-order valence-electron chi connectivity index (χ1n) is 14.2. The van der Waals surface area contributed by atoms with Crippen LogP contribution in [0.3, 0.4) is 0 Å². The molecule has 214 valence electrons. The van der Waals surface area contributed by atoms with E-state index < -0.39 is 18.0 Å². The molecule has 8 heteroatoms. The van der Waals surface area contributed by atoms with Gasteiger partial charge in [0, 0.05) is 19.3 Å². The number of nitrogens with two attached hydrogens (primary N) is 2. The molecule has 0 aliphatic heterocycles. The summed E-state index contributed by atoms with van der Waals surface area (Å²) in [5.41, 5.74) is 10.8. The molecule has 0 heterocycles. The number of rotatable bonds is 25. The second-order valence-corrected chi connectivity index (χ2v) is 9.24. The zero-order chi connectivity index (χ0) is 27.4. The van der Waals surface area contributed by atoms with Gasteiger partial charge in [-0.15, -0.1) is 0 Å². The molecule has 1 atom stereocenters. The van der Waals surface area contributed by atoms with E-state index in [1.54, 1.807) is 0 Å². The smallest absolute Gasteiger partial charge is 0.306 e. The van der Waals surface area contributed by atoms with Gasteiger partial charge in [-0.2, -0.15) is 0 Å². The quantitative estimate of drug-likeness (QED) is 0.0714. The Morgan fingerprint density at radius 3 is 1.68 bits per heavy atom. The van der Waals surface area contributed by atoms with Crippen LogP contribution in [-0.2, 0) is 28.6 Å². The Morgan fingerprint density at radius 2 is 1.11 bits per heavy atom. The Bertz CT molecular complexity index is 636. The van der Waals surface area contributed by atoms with Crippen molar-refractivity contribution < 1.29 is 28.6 Å². The summed E-state index contributed by atoms with van der Waals surface area (Å²) in [5, 5.41) is 0. The summed E-state index contributed by atoms with van der Waals surface area (Å²) in [5.74, 6) is -1.23. The number of carbonyl (C=O) groups is 3. The molecular weight excluding hydrogens is 472 g/mol. The minimum Gasteiger partial charge on any atom is -0.462 e. The summed E-state index contributed by atoms with van der Waals surface area (Å²) < 4.78 is 15.7. The lowest BCUT2D eigenvalue weighted by atomic mass is 10.1. The van der Waals surface area contributed by atoms with Crippen molar-refractivity contribution in [3.63, 3.8) is 0 Å². The van der Waals surface area contributed by atoms with E-state index in [-0.39, 0.29) is 32.0 Å². The maximum absolute atomic E-state index is 12.1. The third-order valence-electron chi connectivity index (χ3n) is 5.66. The maximum Gasteiger partial charge on any atom is 0.306 e. The van der Waals surface area contributed by atoms with Crippen LogP contribution < -0.4 is 11.5 Å². The SMILES string of the molecule is CCCCC/C=C\C/C=C\CCCCCCCC(=O)OCC(COC(=O)CCCN)OC(=O)CCCN. The van der Waals surface area contributed by atoms with E-state index in [2.05, 4.69) is 31.2 Å². The van der Waals surface area contributed by atoms with E-state index in [0.29, 0.717) is 32.4 Å². The number of hydrogen-bond donors (Lipinski definition) is 2. The summed E-state index contributed by atoms with van der Waals surface area (Å²) in [6, 6.07) is 0. The summed E-state index contributed by atoms with van der Waals surface area (Å²) >= 11 is 0. The van der Waals surface area contributed by atoms with Crippen molar-refractivity contribution in [2.24, 2.45) is 11.5 Å². The van der Waals surface area contributed by atoms with Gasteiger partial charge in [-0.1, -0.05) is 63.3 Å². The number of unbranched alkanes of at least 4 members (excludes halogenated alkanes) is 8. The van der Waals surface area contributed by atoms with Gasteiger partial charge in [0.2, 0.25) is 0 Å². The Labute approximate surface area is 224 Å². The van der Waals surface area contributed by atoms with Crippen molar-refractivity contribution in [1.29, 1.82) is 0 Å². The first-order chi connectivity index (χ1) is 18.0. The minimum atomic E-state index is -0.833. The van der Waals surface area contributed by atoms with E-state index in [9.17, 15) is 14.4 Å². The van der Waals surface area contributed by atoms with Gasteiger partial charge in [0.25, 0.3) is 0 Å². The molecule has 37 heavy (non-hydrogen) atoms. The summed E-state index contributed by atoms with van der Waals surface area (Å²) in [6.45, 7) is 2.68. The molecule has 0 saturated carbocycles. The van der Waals surface area contributed by atoms with Gasteiger partial charge in [-0.25, -0.2) is 0 Å². The molecule has 0 aliphatic carbocycles. The number of esters is 3. The Hall–Kier alpha value is -2.19. The number of hydrogen-bond acceptors (Lipinski definition) is 8. The first-order valence-corrected chi connectivity index (χ1v) is 14.2. The monoisotopic (exact) mass is 524 g/mol. The molecule has 8 nitrogen and oxygen atoms in total. The van der Waals surface area contributed by atoms with Crippen LogP contribution in [0.15, 0.2) is 24.3 Å². The van der Waals surface area contributed by atoms with Gasteiger partial charge in [0.15, 0.2) is 6.10 Å². The standard InChI is InChI=1S/C29H52N2O6/c1-2-3-4-5-6-7-8-9-10-11-12-13-14-15-16-19-27(32)35-24-26(37-29(34)21-18-23-31)25-36-28(33)20-17-22-30/h6-7,9-10,26H,2-5,8,11-25,30-31H2,1H3/b7-6-,10-9-. The normalized spacial score (nSPS) is 12.2. The zero-order valence-electron chi connectivity index (χ0n) is 23.1. The van der Waals surface area contributed by atoms with Crippen molar-refractivity contribution in [3.05, 3.63) is 24.3 Å². The second-order valence-electron chi connectivity index (χ2n) is 9.24. The van der Waals surface area contributed by atoms with Crippen LogP contribution >= 0.6 is 0 Å². The number of ether oxygens (including phenoxy) is 3. The molecule has 0 aliphatic rings. The number of carbonyl (C=O) groups excluding carboxylic acids is 3. The molecule has 0 spiro atoms. The van der Waals surface area contributed by atoms with Crippen LogP contribution in [0.4, 0.5) is 0 Å². The second kappa shape index (κ2) is 26.9.